The Balaban J connectivity index is 2.09. The molecule has 0 fully saturated rings. The van der Waals surface area contributed by atoms with E-state index in [1.807, 2.05) is 31.3 Å². The van der Waals surface area contributed by atoms with Gasteiger partial charge in [0.1, 0.15) is 6.61 Å². The van der Waals surface area contributed by atoms with Crippen LogP contribution in [0.4, 0.5) is 0 Å². The van der Waals surface area contributed by atoms with Crippen molar-refractivity contribution in [1.82, 2.24) is 5.32 Å². The normalized spacial score (nSPS) is 14.2. The molecule has 0 amide bonds. The molecule has 0 spiro atoms. The minimum absolute atomic E-state index is 0.208. The van der Waals surface area contributed by atoms with E-state index in [9.17, 15) is 4.79 Å². The summed E-state index contributed by atoms with van der Waals surface area (Å²) in [6, 6.07) is 5.86. The van der Waals surface area contributed by atoms with Crippen LogP contribution in [0.15, 0.2) is 24.3 Å². The fraction of sp³-hybridized carbons (Fsp3) is 0.308. The van der Waals surface area contributed by atoms with Crippen molar-refractivity contribution in [3.05, 3.63) is 41.0 Å². The number of carbonyl (C=O) groups excluding carboxylic acids is 1. The fourth-order valence-corrected chi connectivity index (χ4v) is 1.68. The Kier molecular flexibility index (Phi) is 3.37. The van der Waals surface area contributed by atoms with Gasteiger partial charge in [-0.3, -0.25) is 0 Å². The molecule has 3 nitrogen and oxygen atoms in total. The molecule has 0 atom stereocenters. The zero-order valence-electron chi connectivity index (χ0n) is 9.32. The minimum Gasteiger partial charge on any atom is -0.457 e. The quantitative estimate of drug-likeness (QED) is 0.619. The highest BCUT2D eigenvalue weighted by Gasteiger charge is 2.20. The lowest BCUT2D eigenvalue weighted by Crippen LogP contribution is -2.05. The first-order valence-electron chi connectivity index (χ1n) is 5.42. The Morgan fingerprint density at radius 2 is 2.38 bits per heavy atom. The van der Waals surface area contributed by atoms with E-state index in [0.29, 0.717) is 12.2 Å². The second-order valence-electron chi connectivity index (χ2n) is 3.79. The topological polar surface area (TPSA) is 38.3 Å². The van der Waals surface area contributed by atoms with Gasteiger partial charge in [-0.2, -0.15) is 0 Å². The van der Waals surface area contributed by atoms with Crippen LogP contribution in [0.5, 0.6) is 0 Å². The highest BCUT2D eigenvalue weighted by molar-refractivity contribution is 5.94. The molecule has 0 aliphatic carbocycles. The van der Waals surface area contributed by atoms with Crippen molar-refractivity contribution in [2.75, 3.05) is 13.6 Å². The molecule has 1 aliphatic rings. The van der Waals surface area contributed by atoms with Crippen LogP contribution in [-0.4, -0.2) is 19.6 Å². The van der Waals surface area contributed by atoms with Crippen LogP contribution < -0.4 is 5.32 Å². The zero-order chi connectivity index (χ0) is 11.4. The van der Waals surface area contributed by atoms with Gasteiger partial charge in [0.05, 0.1) is 5.56 Å². The molecule has 3 heteroatoms. The van der Waals surface area contributed by atoms with Crippen molar-refractivity contribution in [2.24, 2.45) is 0 Å². The number of hydrogen-bond donors (Lipinski definition) is 1. The first kappa shape index (κ1) is 10.9. The predicted molar refractivity (Wildman–Crippen MR) is 63.1 cm³/mol. The van der Waals surface area contributed by atoms with Gasteiger partial charge in [-0.15, -0.1) is 0 Å². The molecule has 1 aromatic rings. The van der Waals surface area contributed by atoms with E-state index in [2.05, 4.69) is 11.4 Å². The number of ether oxygens (including phenoxy) is 1. The molecule has 0 saturated heterocycles. The third-order valence-electron chi connectivity index (χ3n) is 2.58. The van der Waals surface area contributed by atoms with Crippen LogP contribution in [-0.2, 0) is 11.3 Å². The summed E-state index contributed by atoms with van der Waals surface area (Å²) < 4.78 is 4.95. The van der Waals surface area contributed by atoms with Gasteiger partial charge in [0.2, 0.25) is 0 Å². The number of rotatable bonds is 4. The summed E-state index contributed by atoms with van der Waals surface area (Å²) in [4.78, 5) is 11.3. The molecule has 0 aromatic heterocycles. The average molecular weight is 217 g/mol. The van der Waals surface area contributed by atoms with Gasteiger partial charge in [-0.05, 0) is 31.6 Å². The maximum absolute atomic E-state index is 11.3. The summed E-state index contributed by atoms with van der Waals surface area (Å²) in [5.41, 5.74) is 2.74. The maximum atomic E-state index is 11.3. The number of esters is 1. The lowest BCUT2D eigenvalue weighted by atomic mass is 10.1. The highest BCUT2D eigenvalue weighted by Crippen LogP contribution is 2.21. The van der Waals surface area contributed by atoms with Gasteiger partial charge < -0.3 is 10.1 Å². The Morgan fingerprint density at radius 1 is 1.50 bits per heavy atom. The van der Waals surface area contributed by atoms with Crippen molar-refractivity contribution in [3.63, 3.8) is 0 Å². The highest BCUT2D eigenvalue weighted by atomic mass is 16.5. The molecule has 1 N–H and O–H groups in total. The SMILES string of the molecule is CNCCC=Cc1ccc2c(c1)C(=O)OC2. The van der Waals surface area contributed by atoms with E-state index < -0.39 is 0 Å². The summed E-state index contributed by atoms with van der Waals surface area (Å²) in [5, 5.41) is 3.08. The number of carbonyl (C=O) groups is 1. The Labute approximate surface area is 95.1 Å². The van der Waals surface area contributed by atoms with E-state index in [4.69, 9.17) is 4.74 Å². The van der Waals surface area contributed by atoms with Crippen molar-refractivity contribution in [3.8, 4) is 0 Å². The van der Waals surface area contributed by atoms with Crippen LogP contribution in [0, 0.1) is 0 Å². The number of fused-ring (bicyclic) bond motifs is 1. The van der Waals surface area contributed by atoms with Crippen molar-refractivity contribution in [1.29, 1.82) is 0 Å². The third kappa shape index (κ3) is 2.31. The number of cyclic esters (lactones) is 1. The number of hydrogen-bond acceptors (Lipinski definition) is 3. The number of nitrogens with one attached hydrogen (secondary N) is 1. The third-order valence-corrected chi connectivity index (χ3v) is 2.58. The van der Waals surface area contributed by atoms with Crippen LogP contribution in [0.25, 0.3) is 6.08 Å². The molecular weight excluding hydrogens is 202 g/mol. The minimum atomic E-state index is -0.208. The summed E-state index contributed by atoms with van der Waals surface area (Å²) >= 11 is 0. The predicted octanol–water partition coefficient (Wildman–Crippen LogP) is 1.98. The lowest BCUT2D eigenvalue weighted by Gasteiger charge is -1.97. The molecule has 1 aromatic carbocycles. The standard InChI is InChI=1S/C13H15NO2/c1-14-7-3-2-4-10-5-6-11-9-16-13(15)12(11)8-10/h2,4-6,8,14H,3,7,9H2,1H3. The summed E-state index contributed by atoms with van der Waals surface area (Å²) in [7, 11) is 1.93. The molecule has 0 saturated carbocycles. The summed E-state index contributed by atoms with van der Waals surface area (Å²) in [6.07, 6.45) is 5.11. The van der Waals surface area contributed by atoms with Gasteiger partial charge in [0.25, 0.3) is 0 Å². The summed E-state index contributed by atoms with van der Waals surface area (Å²) in [5.74, 6) is -0.208. The second kappa shape index (κ2) is 4.94. The van der Waals surface area contributed by atoms with E-state index >= 15 is 0 Å². The van der Waals surface area contributed by atoms with Gasteiger partial charge in [-0.1, -0.05) is 24.3 Å². The first-order valence-corrected chi connectivity index (χ1v) is 5.42. The molecule has 0 radical (unpaired) electrons. The smallest absolute Gasteiger partial charge is 0.338 e. The van der Waals surface area contributed by atoms with Crippen LogP contribution in [0.2, 0.25) is 0 Å². The molecule has 16 heavy (non-hydrogen) atoms. The van der Waals surface area contributed by atoms with Crippen LogP contribution >= 0.6 is 0 Å². The molecule has 2 rings (SSSR count). The molecule has 0 unspecified atom stereocenters. The van der Waals surface area contributed by atoms with Crippen molar-refractivity contribution < 1.29 is 9.53 Å². The average Bonchev–Trinajstić information content (AvgIpc) is 2.67. The van der Waals surface area contributed by atoms with Gasteiger partial charge >= 0.3 is 5.97 Å². The van der Waals surface area contributed by atoms with Gasteiger partial charge in [-0.25, -0.2) is 4.79 Å². The van der Waals surface area contributed by atoms with E-state index in [-0.39, 0.29) is 5.97 Å². The summed E-state index contributed by atoms with van der Waals surface area (Å²) in [6.45, 7) is 1.38. The Hall–Kier alpha value is -1.61. The molecule has 84 valence electrons. The molecular formula is C13H15NO2. The van der Waals surface area contributed by atoms with Gasteiger partial charge in [0, 0.05) is 5.56 Å². The second-order valence-corrected chi connectivity index (χ2v) is 3.79. The van der Waals surface area contributed by atoms with Crippen molar-refractivity contribution >= 4 is 12.0 Å². The molecule has 0 bridgehead atoms. The van der Waals surface area contributed by atoms with E-state index in [1.165, 1.54) is 0 Å². The van der Waals surface area contributed by atoms with Crippen molar-refractivity contribution in [2.45, 2.75) is 13.0 Å². The van der Waals surface area contributed by atoms with E-state index in [1.54, 1.807) is 0 Å². The number of benzene rings is 1. The van der Waals surface area contributed by atoms with Crippen LogP contribution in [0.1, 0.15) is 27.9 Å². The Bertz CT molecular complexity index is 424. The lowest BCUT2D eigenvalue weighted by molar-refractivity contribution is 0.0535. The molecule has 1 aliphatic heterocycles. The molecule has 1 heterocycles. The van der Waals surface area contributed by atoms with Crippen LogP contribution in [0.3, 0.4) is 0 Å². The Morgan fingerprint density at radius 3 is 3.19 bits per heavy atom. The largest absolute Gasteiger partial charge is 0.457 e. The first-order chi connectivity index (χ1) is 7.81. The maximum Gasteiger partial charge on any atom is 0.338 e. The monoisotopic (exact) mass is 217 g/mol. The van der Waals surface area contributed by atoms with Gasteiger partial charge in [0.15, 0.2) is 0 Å². The fourth-order valence-electron chi connectivity index (χ4n) is 1.68. The van der Waals surface area contributed by atoms with E-state index in [0.717, 1.165) is 24.1 Å². The zero-order valence-corrected chi connectivity index (χ0v) is 9.32.